The molecule has 0 saturated heterocycles. The van der Waals surface area contributed by atoms with Crippen molar-refractivity contribution in [1.82, 2.24) is 10.2 Å². The molecule has 0 radical (unpaired) electrons. The zero-order valence-corrected chi connectivity index (χ0v) is 25.6. The highest BCUT2D eigenvalue weighted by atomic mass is 31.2. The van der Waals surface area contributed by atoms with E-state index >= 15 is 0 Å². The van der Waals surface area contributed by atoms with Gasteiger partial charge in [0, 0.05) is 5.56 Å². The molecule has 0 heterocycles. The first-order chi connectivity index (χ1) is 18.8. The summed E-state index contributed by atoms with van der Waals surface area (Å²) in [6.07, 6.45) is 0.529. The summed E-state index contributed by atoms with van der Waals surface area (Å²) in [5.74, 6) is 0.938. The molecular weight excluding hydrogens is 535 g/mol. The molecule has 0 amide bonds. The van der Waals surface area contributed by atoms with E-state index in [2.05, 4.69) is 17.1 Å². The van der Waals surface area contributed by atoms with Gasteiger partial charge in [-0.2, -0.15) is 0 Å². The molecule has 0 aliphatic heterocycles. The van der Waals surface area contributed by atoms with Crippen LogP contribution < -0.4 is 19.6 Å². The first-order valence-electron chi connectivity index (χ1n) is 13.6. The highest BCUT2D eigenvalue weighted by Crippen LogP contribution is 2.40. The van der Waals surface area contributed by atoms with E-state index < -0.39 is 31.5 Å². The molecule has 0 aliphatic carbocycles. The molecule has 2 aromatic rings. The summed E-state index contributed by atoms with van der Waals surface area (Å²) in [5, 5.41) is 15.8. The molecule has 0 fully saturated rings. The maximum Gasteiger partial charge on any atom is 0.323 e. The number of aromatic hydroxyl groups is 1. The molecular formula is C29H43N2O8P. The minimum absolute atomic E-state index is 0.175. The summed E-state index contributed by atoms with van der Waals surface area (Å²) in [6, 6.07) is 6.87. The van der Waals surface area contributed by atoms with Gasteiger partial charge in [-0.05, 0) is 95.3 Å². The number of carbonyl (C=O) groups excluding carboxylic acids is 2. The quantitative estimate of drug-likeness (QED) is 0.173. The topological polar surface area (TPSA) is 132 Å². The number of ether oxygens (including phenoxy) is 4. The number of nitrogens with one attached hydrogen (secondary N) is 2. The number of phenols is 1. The van der Waals surface area contributed by atoms with Crippen LogP contribution in [0, 0.1) is 13.8 Å². The fourth-order valence-electron chi connectivity index (χ4n) is 4.03. The van der Waals surface area contributed by atoms with Crippen LogP contribution in [0.1, 0.15) is 70.6 Å². The van der Waals surface area contributed by atoms with E-state index in [1.165, 1.54) is 13.8 Å². The van der Waals surface area contributed by atoms with Crippen LogP contribution in [0.2, 0.25) is 0 Å². The number of phenolic OH excluding ortho intramolecular Hbond substituents is 1. The van der Waals surface area contributed by atoms with Gasteiger partial charge in [-0.3, -0.25) is 14.2 Å². The molecule has 10 nitrogen and oxygen atoms in total. The minimum atomic E-state index is -3.65. The monoisotopic (exact) mass is 578 g/mol. The molecule has 0 bridgehead atoms. The van der Waals surface area contributed by atoms with Crippen LogP contribution in [-0.4, -0.2) is 48.7 Å². The lowest BCUT2D eigenvalue weighted by Gasteiger charge is -2.26. The van der Waals surface area contributed by atoms with Crippen LogP contribution in [0.4, 0.5) is 0 Å². The van der Waals surface area contributed by atoms with Crippen molar-refractivity contribution in [3.63, 3.8) is 0 Å². The van der Waals surface area contributed by atoms with Crippen LogP contribution in [0.15, 0.2) is 30.3 Å². The summed E-state index contributed by atoms with van der Waals surface area (Å²) < 4.78 is 36.0. The van der Waals surface area contributed by atoms with Crippen molar-refractivity contribution in [2.75, 3.05) is 19.6 Å². The van der Waals surface area contributed by atoms with E-state index in [4.69, 9.17) is 18.9 Å². The van der Waals surface area contributed by atoms with Crippen molar-refractivity contribution < 1.29 is 38.2 Å². The van der Waals surface area contributed by atoms with Crippen LogP contribution in [0.25, 0.3) is 0 Å². The van der Waals surface area contributed by atoms with Gasteiger partial charge in [-0.1, -0.05) is 13.8 Å². The second kappa shape index (κ2) is 15.1. The zero-order chi connectivity index (χ0) is 30.0. The Balaban J connectivity index is 2.25. The number of carbonyl (C=O) groups is 2. The first kappa shape index (κ1) is 33.1. The van der Waals surface area contributed by atoms with Crippen molar-refractivity contribution in [2.24, 2.45) is 0 Å². The van der Waals surface area contributed by atoms with Crippen molar-refractivity contribution >= 4 is 19.4 Å². The fraction of sp³-hybridized carbons (Fsp3) is 0.517. The van der Waals surface area contributed by atoms with E-state index in [1.54, 1.807) is 38.1 Å². The fourth-order valence-corrected chi connectivity index (χ4v) is 6.04. The van der Waals surface area contributed by atoms with E-state index in [-0.39, 0.29) is 31.2 Å². The van der Waals surface area contributed by atoms with Gasteiger partial charge in [0.05, 0.1) is 13.2 Å². The van der Waals surface area contributed by atoms with Crippen LogP contribution in [-0.2, 0) is 23.6 Å². The summed E-state index contributed by atoms with van der Waals surface area (Å²) in [5.41, 5.74) is 2.38. The lowest BCUT2D eigenvalue weighted by molar-refractivity contribution is -0.145. The number of rotatable bonds is 15. The average molecular weight is 579 g/mol. The van der Waals surface area contributed by atoms with Crippen LogP contribution in [0.5, 0.6) is 23.0 Å². The number of aryl methyl sites for hydroxylation is 2. The third kappa shape index (κ3) is 9.25. The lowest BCUT2D eigenvalue weighted by atomic mass is 9.97. The maximum absolute atomic E-state index is 13.8. The minimum Gasteiger partial charge on any atom is -0.508 e. The van der Waals surface area contributed by atoms with Gasteiger partial charge in [-0.15, -0.1) is 0 Å². The van der Waals surface area contributed by atoms with Gasteiger partial charge in [-0.25, -0.2) is 10.2 Å². The van der Waals surface area contributed by atoms with E-state index in [0.29, 0.717) is 17.2 Å². The van der Waals surface area contributed by atoms with Gasteiger partial charge in [0.1, 0.15) is 35.1 Å². The maximum atomic E-state index is 13.8. The van der Waals surface area contributed by atoms with Crippen LogP contribution in [0.3, 0.4) is 0 Å². The number of hydrogen-bond acceptors (Lipinski definition) is 8. The lowest BCUT2D eigenvalue weighted by Crippen LogP contribution is -2.43. The Bertz CT molecular complexity index is 1170. The molecule has 0 aromatic heterocycles. The third-order valence-electron chi connectivity index (χ3n) is 6.29. The van der Waals surface area contributed by atoms with Gasteiger partial charge < -0.3 is 24.1 Å². The molecule has 1 unspecified atom stereocenters. The first-order valence-corrected chi connectivity index (χ1v) is 15.5. The molecule has 0 spiro atoms. The predicted octanol–water partition coefficient (Wildman–Crippen LogP) is 5.93. The summed E-state index contributed by atoms with van der Waals surface area (Å²) >= 11 is 0. The molecule has 2 rings (SSSR count). The predicted molar refractivity (Wildman–Crippen MR) is 154 cm³/mol. The summed E-state index contributed by atoms with van der Waals surface area (Å²) in [4.78, 5) is 24.4. The van der Waals surface area contributed by atoms with Crippen molar-refractivity contribution in [3.8, 4) is 23.0 Å². The normalized spacial score (nSPS) is 13.7. The van der Waals surface area contributed by atoms with E-state index in [9.17, 15) is 19.3 Å². The Morgan fingerprint density at radius 1 is 0.875 bits per heavy atom. The smallest absolute Gasteiger partial charge is 0.323 e. The standard InChI is InChI=1S/C29H43N2O8P/c1-9-18(4)25-16-23(12-13-26(25)32)39-27-19(5)14-24(15-20(27)6)38-17-40(35,30-21(7)28(33)36-10-2)31-22(8)29(34)37-11-3/h12-16,18,21-22,32H,9-11,17H2,1-8H3,(H2,30,31,35)/t18?,21-,22-/m0/s1. The zero-order valence-electron chi connectivity index (χ0n) is 24.7. The summed E-state index contributed by atoms with van der Waals surface area (Å²) in [6.45, 7) is 14.6. The molecule has 3 atom stereocenters. The summed E-state index contributed by atoms with van der Waals surface area (Å²) in [7, 11) is -3.65. The largest absolute Gasteiger partial charge is 0.508 e. The Kier molecular flexibility index (Phi) is 12.5. The molecule has 2 aromatic carbocycles. The van der Waals surface area contributed by atoms with Crippen molar-refractivity contribution in [1.29, 1.82) is 0 Å². The van der Waals surface area contributed by atoms with Gasteiger partial charge in [0.25, 0.3) is 0 Å². The Morgan fingerprint density at radius 3 is 1.88 bits per heavy atom. The second-order valence-corrected chi connectivity index (χ2v) is 12.0. The molecule has 11 heteroatoms. The van der Waals surface area contributed by atoms with E-state index in [0.717, 1.165) is 23.1 Å². The van der Waals surface area contributed by atoms with Gasteiger partial charge >= 0.3 is 11.9 Å². The molecule has 40 heavy (non-hydrogen) atoms. The second-order valence-electron chi connectivity index (χ2n) is 9.74. The molecule has 3 N–H and O–H groups in total. The Labute approximate surface area is 237 Å². The average Bonchev–Trinajstić information content (AvgIpc) is 2.90. The molecule has 0 aliphatic rings. The van der Waals surface area contributed by atoms with Gasteiger partial charge in [0.2, 0.25) is 7.44 Å². The van der Waals surface area contributed by atoms with E-state index in [1.807, 2.05) is 26.8 Å². The van der Waals surface area contributed by atoms with Crippen molar-refractivity contribution in [3.05, 3.63) is 47.0 Å². The van der Waals surface area contributed by atoms with Crippen molar-refractivity contribution in [2.45, 2.75) is 79.8 Å². The number of esters is 2. The number of hydrogen-bond donors (Lipinski definition) is 3. The Hall–Kier alpha value is -3.07. The highest BCUT2D eigenvalue weighted by Gasteiger charge is 2.32. The molecule has 0 saturated carbocycles. The number of benzene rings is 2. The van der Waals surface area contributed by atoms with Crippen LogP contribution >= 0.6 is 7.44 Å². The highest BCUT2D eigenvalue weighted by molar-refractivity contribution is 7.59. The third-order valence-corrected chi connectivity index (χ3v) is 8.40. The Morgan fingerprint density at radius 2 is 1.40 bits per heavy atom. The molecule has 222 valence electrons. The van der Waals surface area contributed by atoms with Gasteiger partial charge in [0.15, 0.2) is 6.35 Å². The SMILES string of the molecule is CCOC(=O)[C@H](C)NP(=O)(COc1cc(C)c(Oc2ccc(O)c(C(C)CC)c2)c(C)c1)N[C@@H](C)C(=O)OCC.